The molecule has 1 saturated heterocycles. The maximum atomic E-state index is 11.9. The van der Waals surface area contributed by atoms with E-state index in [0.29, 0.717) is 0 Å². The highest BCUT2D eigenvalue weighted by Crippen LogP contribution is 2.12. The van der Waals surface area contributed by atoms with Crippen LogP contribution in [0.25, 0.3) is 0 Å². The summed E-state index contributed by atoms with van der Waals surface area (Å²) < 4.78 is 11.2. The number of carbonyl (C=O) groups is 1. The number of rotatable bonds is 6. The Hall–Kier alpha value is -1.43. The molecule has 0 spiro atoms. The van der Waals surface area contributed by atoms with Gasteiger partial charge in [0.2, 0.25) is 0 Å². The second-order valence-corrected chi connectivity index (χ2v) is 7.50. The number of benzene rings is 1. The summed E-state index contributed by atoms with van der Waals surface area (Å²) >= 11 is 0. The van der Waals surface area contributed by atoms with Crippen LogP contribution in [0.5, 0.6) is 0 Å². The zero-order valence-electron chi connectivity index (χ0n) is 15.3. The first-order valence-corrected chi connectivity index (χ1v) is 8.60. The van der Waals surface area contributed by atoms with Gasteiger partial charge in [0.1, 0.15) is 5.60 Å². The topological polar surface area (TPSA) is 42.0 Å². The fraction of sp³-hybridized carbons (Fsp3) is 0.632. The maximum Gasteiger partial charge on any atom is 0.320 e. The maximum absolute atomic E-state index is 11.9. The van der Waals surface area contributed by atoms with Crippen LogP contribution in [-0.4, -0.2) is 67.3 Å². The predicted octanol–water partition coefficient (Wildman–Crippen LogP) is 2.16. The van der Waals surface area contributed by atoms with Gasteiger partial charge in [0.15, 0.2) is 0 Å². The van der Waals surface area contributed by atoms with Crippen LogP contribution in [0.2, 0.25) is 0 Å². The minimum Gasteiger partial charge on any atom is -0.459 e. The monoisotopic (exact) mass is 334 g/mol. The zero-order valence-corrected chi connectivity index (χ0v) is 15.3. The summed E-state index contributed by atoms with van der Waals surface area (Å²) in [6, 6.07) is 10.5. The number of carbonyl (C=O) groups excluding carboxylic acids is 1. The number of hydrogen-bond acceptors (Lipinski definition) is 5. The van der Waals surface area contributed by atoms with Crippen LogP contribution in [0, 0.1) is 0 Å². The number of likely N-dealkylation sites (N-methyl/N-ethyl adjacent to an activating group) is 1. The molecule has 1 aliphatic heterocycles. The van der Waals surface area contributed by atoms with E-state index >= 15 is 0 Å². The van der Waals surface area contributed by atoms with Crippen LogP contribution in [-0.2, 0) is 20.8 Å². The number of nitrogens with zero attached hydrogens (tertiary/aromatic N) is 2. The van der Waals surface area contributed by atoms with Gasteiger partial charge in [0, 0.05) is 26.2 Å². The highest BCUT2D eigenvalue weighted by Gasteiger charge is 2.23. The van der Waals surface area contributed by atoms with E-state index in [1.165, 1.54) is 5.56 Å². The zero-order chi connectivity index (χ0) is 17.6. The average Bonchev–Trinajstić information content (AvgIpc) is 2.46. The molecule has 24 heavy (non-hydrogen) atoms. The van der Waals surface area contributed by atoms with Gasteiger partial charge in [-0.3, -0.25) is 14.6 Å². The smallest absolute Gasteiger partial charge is 0.320 e. The molecule has 0 radical (unpaired) electrons. The SMILES string of the molecule is CN(CC(=O)OC(C)(C)C)C[C@H]1CN(Cc2ccccc2)CCO1. The lowest BCUT2D eigenvalue weighted by atomic mass is 10.2. The van der Waals surface area contributed by atoms with E-state index in [1.807, 2.05) is 38.8 Å². The second kappa shape index (κ2) is 8.60. The van der Waals surface area contributed by atoms with Crippen LogP contribution >= 0.6 is 0 Å². The van der Waals surface area contributed by atoms with Crippen LogP contribution in [0.3, 0.4) is 0 Å². The Balaban J connectivity index is 1.76. The van der Waals surface area contributed by atoms with Crippen LogP contribution < -0.4 is 0 Å². The van der Waals surface area contributed by atoms with Gasteiger partial charge >= 0.3 is 5.97 Å². The minimum atomic E-state index is -0.439. The fourth-order valence-corrected chi connectivity index (χ4v) is 2.88. The first kappa shape index (κ1) is 18.9. The Kier molecular flexibility index (Phi) is 6.78. The fourth-order valence-electron chi connectivity index (χ4n) is 2.88. The van der Waals surface area contributed by atoms with Gasteiger partial charge in [0.25, 0.3) is 0 Å². The van der Waals surface area contributed by atoms with Gasteiger partial charge in [-0.15, -0.1) is 0 Å². The van der Waals surface area contributed by atoms with Crippen molar-refractivity contribution in [3.05, 3.63) is 35.9 Å². The van der Waals surface area contributed by atoms with E-state index in [1.54, 1.807) is 0 Å². The van der Waals surface area contributed by atoms with Crippen molar-refractivity contribution >= 4 is 5.97 Å². The number of ether oxygens (including phenoxy) is 2. The minimum absolute atomic E-state index is 0.120. The first-order valence-electron chi connectivity index (χ1n) is 8.60. The molecule has 0 saturated carbocycles. The molecule has 2 rings (SSSR count). The normalized spacial score (nSPS) is 19.5. The van der Waals surface area contributed by atoms with E-state index in [0.717, 1.165) is 32.8 Å². The number of morpholine rings is 1. The highest BCUT2D eigenvalue weighted by molar-refractivity contribution is 5.72. The average molecular weight is 334 g/mol. The lowest BCUT2D eigenvalue weighted by Gasteiger charge is -2.34. The van der Waals surface area contributed by atoms with Crippen molar-refractivity contribution in [2.24, 2.45) is 0 Å². The van der Waals surface area contributed by atoms with Crippen molar-refractivity contribution in [3.63, 3.8) is 0 Å². The molecule has 5 heteroatoms. The van der Waals surface area contributed by atoms with Crippen LogP contribution in [0.15, 0.2) is 30.3 Å². The number of hydrogen-bond donors (Lipinski definition) is 0. The summed E-state index contributed by atoms with van der Waals surface area (Å²) in [5, 5.41) is 0. The van der Waals surface area contributed by atoms with Crippen molar-refractivity contribution in [3.8, 4) is 0 Å². The summed E-state index contributed by atoms with van der Waals surface area (Å²) in [7, 11) is 1.93. The molecule has 0 bridgehead atoms. The Labute approximate surface area is 145 Å². The molecular formula is C19H30N2O3. The summed E-state index contributed by atoms with van der Waals surface area (Å²) in [6.45, 7) is 10.2. The van der Waals surface area contributed by atoms with Gasteiger partial charge in [-0.05, 0) is 33.4 Å². The van der Waals surface area contributed by atoms with Gasteiger partial charge in [-0.25, -0.2) is 0 Å². The molecular weight excluding hydrogens is 304 g/mol. The van der Waals surface area contributed by atoms with Crippen LogP contribution in [0.1, 0.15) is 26.3 Å². The van der Waals surface area contributed by atoms with Crippen molar-refractivity contribution in [2.45, 2.75) is 39.0 Å². The Morgan fingerprint density at radius 1 is 1.33 bits per heavy atom. The Bertz CT molecular complexity index is 513. The molecule has 0 N–H and O–H groups in total. The predicted molar refractivity (Wildman–Crippen MR) is 94.8 cm³/mol. The highest BCUT2D eigenvalue weighted by atomic mass is 16.6. The molecule has 5 nitrogen and oxygen atoms in total. The Morgan fingerprint density at radius 3 is 2.71 bits per heavy atom. The van der Waals surface area contributed by atoms with E-state index in [2.05, 4.69) is 29.2 Å². The molecule has 134 valence electrons. The lowest BCUT2D eigenvalue weighted by Crippen LogP contribution is -2.47. The largest absolute Gasteiger partial charge is 0.459 e. The number of esters is 1. The first-order chi connectivity index (χ1) is 11.3. The van der Waals surface area contributed by atoms with Gasteiger partial charge in [-0.1, -0.05) is 30.3 Å². The molecule has 1 aliphatic rings. The molecule has 0 unspecified atom stereocenters. The molecule has 1 fully saturated rings. The third-order valence-corrected chi connectivity index (χ3v) is 3.81. The summed E-state index contributed by atoms with van der Waals surface area (Å²) in [5.74, 6) is -0.193. The van der Waals surface area contributed by atoms with Crippen molar-refractivity contribution in [1.29, 1.82) is 0 Å². The molecule has 0 aromatic heterocycles. The molecule has 1 aromatic carbocycles. The summed E-state index contributed by atoms with van der Waals surface area (Å²) in [6.07, 6.45) is 0.120. The van der Waals surface area contributed by atoms with Crippen molar-refractivity contribution in [2.75, 3.05) is 39.8 Å². The lowest BCUT2D eigenvalue weighted by molar-refractivity contribution is -0.156. The molecule has 1 aromatic rings. The van der Waals surface area contributed by atoms with Gasteiger partial charge in [0.05, 0.1) is 19.3 Å². The van der Waals surface area contributed by atoms with Crippen molar-refractivity contribution in [1.82, 2.24) is 9.80 Å². The third-order valence-electron chi connectivity index (χ3n) is 3.81. The molecule has 0 aliphatic carbocycles. The van der Waals surface area contributed by atoms with E-state index in [4.69, 9.17) is 9.47 Å². The summed E-state index contributed by atoms with van der Waals surface area (Å²) in [5.41, 5.74) is 0.881. The van der Waals surface area contributed by atoms with E-state index < -0.39 is 5.60 Å². The van der Waals surface area contributed by atoms with Crippen LogP contribution in [0.4, 0.5) is 0 Å². The standard InChI is InChI=1S/C19H30N2O3/c1-19(2,3)24-18(22)15-20(4)13-17-14-21(10-11-23-17)12-16-8-6-5-7-9-16/h5-9,17H,10-15H2,1-4H3/t17-/m0/s1. The quantitative estimate of drug-likeness (QED) is 0.746. The Morgan fingerprint density at radius 2 is 2.04 bits per heavy atom. The molecule has 0 amide bonds. The van der Waals surface area contributed by atoms with E-state index in [9.17, 15) is 4.79 Å². The summed E-state index contributed by atoms with van der Waals surface area (Å²) in [4.78, 5) is 16.3. The van der Waals surface area contributed by atoms with E-state index in [-0.39, 0.29) is 18.6 Å². The molecule has 1 heterocycles. The van der Waals surface area contributed by atoms with Gasteiger partial charge in [-0.2, -0.15) is 0 Å². The molecule has 1 atom stereocenters. The second-order valence-electron chi connectivity index (χ2n) is 7.50. The van der Waals surface area contributed by atoms with Gasteiger partial charge < -0.3 is 9.47 Å². The third kappa shape index (κ3) is 6.99. The van der Waals surface area contributed by atoms with Crippen molar-refractivity contribution < 1.29 is 14.3 Å².